The van der Waals surface area contributed by atoms with Crippen molar-refractivity contribution in [2.45, 2.75) is 19.8 Å². The molecule has 0 N–H and O–H groups in total. The Kier molecular flexibility index (Phi) is 4.33. The lowest BCUT2D eigenvalue weighted by molar-refractivity contribution is 0.0554. The Morgan fingerprint density at radius 3 is 2.67 bits per heavy atom. The van der Waals surface area contributed by atoms with Crippen LogP contribution < -0.4 is 0 Å². The number of carbonyl (C=O) groups excluding carboxylic acids is 3. The number of unbranched alkanes of at least 4 members (excludes halogenated alkanes) is 1. The summed E-state index contributed by atoms with van der Waals surface area (Å²) in [5.74, 6) is -1.41. The first-order chi connectivity index (χ1) is 10.1. The highest BCUT2D eigenvalue weighted by atomic mass is 16.5. The molecule has 0 fully saturated rings. The summed E-state index contributed by atoms with van der Waals surface area (Å²) < 4.78 is 4.68. The number of nitriles is 1. The van der Waals surface area contributed by atoms with Gasteiger partial charge in [0.05, 0.1) is 16.7 Å². The maximum absolute atomic E-state index is 12.2. The van der Waals surface area contributed by atoms with Crippen LogP contribution >= 0.6 is 0 Å². The maximum Gasteiger partial charge on any atom is 0.339 e. The molecule has 0 saturated heterocycles. The van der Waals surface area contributed by atoms with Crippen molar-refractivity contribution < 1.29 is 19.1 Å². The van der Waals surface area contributed by atoms with E-state index in [-0.39, 0.29) is 23.6 Å². The fourth-order valence-electron chi connectivity index (χ4n) is 2.12. The van der Waals surface area contributed by atoms with Gasteiger partial charge in [-0.1, -0.05) is 13.3 Å². The van der Waals surface area contributed by atoms with Crippen molar-refractivity contribution in [1.82, 2.24) is 4.90 Å². The van der Waals surface area contributed by atoms with Crippen molar-refractivity contribution in [2.75, 3.05) is 13.2 Å². The van der Waals surface area contributed by atoms with Gasteiger partial charge < -0.3 is 4.74 Å². The van der Waals surface area contributed by atoms with Crippen molar-refractivity contribution >= 4 is 17.8 Å². The second-order valence-corrected chi connectivity index (χ2v) is 4.61. The number of fused-ring (bicyclic) bond motifs is 1. The van der Waals surface area contributed by atoms with Crippen LogP contribution in [0.15, 0.2) is 18.2 Å². The van der Waals surface area contributed by atoms with E-state index in [2.05, 4.69) is 4.74 Å². The van der Waals surface area contributed by atoms with Crippen LogP contribution in [0.2, 0.25) is 0 Å². The number of carbonyl (C=O) groups is 3. The molecule has 2 amide bonds. The Labute approximate surface area is 121 Å². The van der Waals surface area contributed by atoms with E-state index in [9.17, 15) is 14.4 Å². The number of nitrogens with zero attached hydrogens (tertiary/aromatic N) is 2. The summed E-state index contributed by atoms with van der Waals surface area (Å²) >= 11 is 0. The van der Waals surface area contributed by atoms with Gasteiger partial charge in [0.15, 0.2) is 6.61 Å². The van der Waals surface area contributed by atoms with E-state index in [4.69, 9.17) is 5.26 Å². The molecule has 0 aliphatic carbocycles. The van der Waals surface area contributed by atoms with Crippen LogP contribution in [0.25, 0.3) is 0 Å². The van der Waals surface area contributed by atoms with Gasteiger partial charge in [-0.3, -0.25) is 14.5 Å². The molecule has 108 valence electrons. The summed E-state index contributed by atoms with van der Waals surface area (Å²) in [6.07, 6.45) is 1.61. The number of hydrogen-bond acceptors (Lipinski definition) is 5. The molecule has 6 heteroatoms. The third-order valence-electron chi connectivity index (χ3n) is 3.21. The minimum atomic E-state index is -0.688. The van der Waals surface area contributed by atoms with Crippen LogP contribution in [-0.2, 0) is 4.74 Å². The fraction of sp³-hybridized carbons (Fsp3) is 0.333. The van der Waals surface area contributed by atoms with E-state index in [1.807, 2.05) is 6.92 Å². The van der Waals surface area contributed by atoms with Gasteiger partial charge in [-0.15, -0.1) is 0 Å². The van der Waals surface area contributed by atoms with Crippen LogP contribution in [0.3, 0.4) is 0 Å². The molecule has 0 saturated carbocycles. The first-order valence-electron chi connectivity index (χ1n) is 6.64. The number of benzene rings is 1. The first kappa shape index (κ1) is 14.7. The van der Waals surface area contributed by atoms with Gasteiger partial charge in [0.1, 0.15) is 6.07 Å². The van der Waals surface area contributed by atoms with Gasteiger partial charge >= 0.3 is 5.97 Å². The number of esters is 1. The molecule has 6 nitrogen and oxygen atoms in total. The Morgan fingerprint density at radius 1 is 1.29 bits per heavy atom. The number of hydrogen-bond donors (Lipinski definition) is 0. The summed E-state index contributed by atoms with van der Waals surface area (Å²) in [6, 6.07) is 5.92. The molecule has 0 atom stereocenters. The van der Waals surface area contributed by atoms with Gasteiger partial charge in [0.25, 0.3) is 11.8 Å². The Bertz CT molecular complexity index is 646. The van der Waals surface area contributed by atoms with Crippen LogP contribution in [-0.4, -0.2) is 35.8 Å². The highest BCUT2D eigenvalue weighted by molar-refractivity contribution is 6.21. The quantitative estimate of drug-likeness (QED) is 0.608. The highest BCUT2D eigenvalue weighted by Gasteiger charge is 2.35. The van der Waals surface area contributed by atoms with Crippen molar-refractivity contribution in [3.63, 3.8) is 0 Å². The van der Waals surface area contributed by atoms with Gasteiger partial charge in [-0.05, 0) is 24.6 Å². The Balaban J connectivity index is 2.25. The lowest BCUT2D eigenvalue weighted by Crippen LogP contribution is -2.30. The normalized spacial score (nSPS) is 13.0. The van der Waals surface area contributed by atoms with E-state index in [0.29, 0.717) is 12.1 Å². The van der Waals surface area contributed by atoms with E-state index < -0.39 is 11.9 Å². The molecule has 0 unspecified atom stereocenters. The van der Waals surface area contributed by atoms with E-state index in [1.165, 1.54) is 23.1 Å². The topological polar surface area (TPSA) is 87.5 Å². The zero-order valence-electron chi connectivity index (χ0n) is 11.6. The standard InChI is InChI=1S/C15H14N2O4/c1-2-3-7-17-13(18)11-5-4-10(9-12(11)14(17)19)15(20)21-8-6-16/h4-5,9H,2-3,7-8H2,1H3. The lowest BCUT2D eigenvalue weighted by Gasteiger charge is -2.12. The second kappa shape index (κ2) is 6.18. The molecule has 1 aromatic rings. The van der Waals surface area contributed by atoms with Crippen LogP contribution in [0.5, 0.6) is 0 Å². The third kappa shape index (κ3) is 2.77. The smallest absolute Gasteiger partial charge is 0.339 e. The molecule has 0 radical (unpaired) electrons. The molecular formula is C15H14N2O4. The number of ether oxygens (including phenoxy) is 1. The van der Waals surface area contributed by atoms with Crippen molar-refractivity contribution in [3.05, 3.63) is 34.9 Å². The number of imide groups is 1. The molecule has 1 aromatic carbocycles. The molecule has 0 aromatic heterocycles. The number of amides is 2. The minimum Gasteiger partial charge on any atom is -0.447 e. The SMILES string of the molecule is CCCCN1C(=O)c2ccc(C(=O)OCC#N)cc2C1=O. The van der Waals surface area contributed by atoms with Crippen molar-refractivity contribution in [2.24, 2.45) is 0 Å². The fourth-order valence-corrected chi connectivity index (χ4v) is 2.12. The Morgan fingerprint density at radius 2 is 2.00 bits per heavy atom. The van der Waals surface area contributed by atoms with Gasteiger partial charge in [-0.25, -0.2) is 4.79 Å². The summed E-state index contributed by atoms with van der Waals surface area (Å²) in [5.41, 5.74) is 0.665. The second-order valence-electron chi connectivity index (χ2n) is 4.61. The maximum atomic E-state index is 12.2. The van der Waals surface area contributed by atoms with Crippen molar-refractivity contribution in [3.8, 4) is 6.07 Å². The van der Waals surface area contributed by atoms with Crippen LogP contribution in [0, 0.1) is 11.3 Å². The molecular weight excluding hydrogens is 272 g/mol. The van der Waals surface area contributed by atoms with Crippen molar-refractivity contribution in [1.29, 1.82) is 5.26 Å². The van der Waals surface area contributed by atoms with Gasteiger partial charge in [-0.2, -0.15) is 5.26 Å². The molecule has 21 heavy (non-hydrogen) atoms. The summed E-state index contributed by atoms with van der Waals surface area (Å²) in [6.45, 7) is 1.99. The molecule has 1 aliphatic heterocycles. The molecule has 2 rings (SSSR count). The summed E-state index contributed by atoms with van der Waals surface area (Å²) in [5, 5.41) is 8.38. The number of rotatable bonds is 5. The van der Waals surface area contributed by atoms with Gasteiger partial charge in [0, 0.05) is 6.54 Å². The zero-order chi connectivity index (χ0) is 15.4. The molecule has 0 bridgehead atoms. The van der Waals surface area contributed by atoms with E-state index in [0.717, 1.165) is 12.8 Å². The first-order valence-corrected chi connectivity index (χ1v) is 6.64. The lowest BCUT2D eigenvalue weighted by atomic mass is 10.1. The summed E-state index contributed by atoms with van der Waals surface area (Å²) in [4.78, 5) is 37.2. The third-order valence-corrected chi connectivity index (χ3v) is 3.21. The molecule has 1 heterocycles. The predicted octanol–water partition coefficient (Wildman–Crippen LogP) is 1.76. The minimum absolute atomic E-state index is 0.155. The zero-order valence-corrected chi connectivity index (χ0v) is 11.6. The van der Waals surface area contributed by atoms with Crippen LogP contribution in [0.4, 0.5) is 0 Å². The molecule has 1 aliphatic rings. The van der Waals surface area contributed by atoms with Gasteiger partial charge in [0.2, 0.25) is 0 Å². The predicted molar refractivity (Wildman–Crippen MR) is 72.6 cm³/mol. The van der Waals surface area contributed by atoms with E-state index >= 15 is 0 Å². The summed E-state index contributed by atoms with van der Waals surface area (Å²) in [7, 11) is 0. The average molecular weight is 286 g/mol. The molecule has 0 spiro atoms. The van der Waals surface area contributed by atoms with Crippen LogP contribution in [0.1, 0.15) is 50.8 Å². The Hall–Kier alpha value is -2.68. The average Bonchev–Trinajstić information content (AvgIpc) is 2.74. The largest absolute Gasteiger partial charge is 0.447 e. The van der Waals surface area contributed by atoms with E-state index in [1.54, 1.807) is 6.07 Å². The highest BCUT2D eigenvalue weighted by Crippen LogP contribution is 2.24. The monoisotopic (exact) mass is 286 g/mol.